The van der Waals surface area contributed by atoms with Gasteiger partial charge in [0, 0.05) is 24.7 Å². The lowest BCUT2D eigenvalue weighted by atomic mass is 10.2. The van der Waals surface area contributed by atoms with Crippen molar-refractivity contribution in [3.8, 4) is 0 Å². The summed E-state index contributed by atoms with van der Waals surface area (Å²) < 4.78 is 1.74. The largest absolute Gasteiger partial charge is 0.355 e. The van der Waals surface area contributed by atoms with Crippen LogP contribution in [-0.4, -0.2) is 27.5 Å². The van der Waals surface area contributed by atoms with Crippen LogP contribution in [0.15, 0.2) is 17.3 Å². The fraction of sp³-hybridized carbons (Fsp3) is 0.636. The number of aryl methyl sites for hydroxylation is 1. The number of amides is 1. The summed E-state index contributed by atoms with van der Waals surface area (Å²) in [5, 5.41) is 6.91. The second-order valence-corrected chi connectivity index (χ2v) is 5.66. The average molecular weight is 241 g/mol. The molecule has 1 heterocycles. The lowest BCUT2D eigenvalue weighted by molar-refractivity contribution is -0.120. The zero-order valence-corrected chi connectivity index (χ0v) is 11.0. The Morgan fingerprint density at radius 1 is 1.56 bits per heavy atom. The molecule has 0 saturated carbocycles. The van der Waals surface area contributed by atoms with Crippen LogP contribution < -0.4 is 5.32 Å². The molecule has 0 aliphatic rings. The minimum Gasteiger partial charge on any atom is -0.355 e. The summed E-state index contributed by atoms with van der Waals surface area (Å²) in [6, 6.07) is 0. The molecule has 0 spiro atoms. The Labute approximate surface area is 101 Å². The summed E-state index contributed by atoms with van der Waals surface area (Å²) in [4.78, 5) is 12.7. The molecule has 0 aromatic carbocycles. The van der Waals surface area contributed by atoms with Gasteiger partial charge in [0.15, 0.2) is 0 Å². The van der Waals surface area contributed by atoms with Gasteiger partial charge in [-0.25, -0.2) is 0 Å². The van der Waals surface area contributed by atoms with Gasteiger partial charge in [-0.1, -0.05) is 13.8 Å². The minimum absolute atomic E-state index is 0.0806. The van der Waals surface area contributed by atoms with Crippen molar-refractivity contribution in [2.24, 2.45) is 13.0 Å². The first kappa shape index (κ1) is 13.1. The Morgan fingerprint density at radius 3 is 2.75 bits per heavy atom. The van der Waals surface area contributed by atoms with Gasteiger partial charge in [0.1, 0.15) is 0 Å². The first-order valence-electron chi connectivity index (χ1n) is 5.42. The highest BCUT2D eigenvalue weighted by atomic mass is 32.2. The van der Waals surface area contributed by atoms with Crippen molar-refractivity contribution in [3.05, 3.63) is 12.4 Å². The second kappa shape index (κ2) is 5.94. The highest BCUT2D eigenvalue weighted by Crippen LogP contribution is 2.22. The molecule has 4 nitrogen and oxygen atoms in total. The van der Waals surface area contributed by atoms with Crippen molar-refractivity contribution in [2.45, 2.75) is 30.9 Å². The third-order valence-corrected chi connectivity index (χ3v) is 3.10. The number of hydrogen-bond acceptors (Lipinski definition) is 3. The summed E-state index contributed by atoms with van der Waals surface area (Å²) in [6.45, 7) is 6.81. The Morgan fingerprint density at radius 2 is 2.25 bits per heavy atom. The molecule has 90 valence electrons. The van der Waals surface area contributed by atoms with Crippen LogP contribution in [0.2, 0.25) is 0 Å². The lowest BCUT2D eigenvalue weighted by Crippen LogP contribution is -2.33. The molecule has 1 aromatic rings. The van der Waals surface area contributed by atoms with Crippen LogP contribution in [0.1, 0.15) is 20.8 Å². The molecule has 1 rings (SSSR count). The molecule has 0 fully saturated rings. The van der Waals surface area contributed by atoms with Gasteiger partial charge in [-0.3, -0.25) is 9.48 Å². The first-order chi connectivity index (χ1) is 7.49. The number of nitrogens with zero attached hydrogens (tertiary/aromatic N) is 2. The van der Waals surface area contributed by atoms with E-state index in [1.54, 1.807) is 10.9 Å². The van der Waals surface area contributed by atoms with Crippen molar-refractivity contribution in [1.82, 2.24) is 15.1 Å². The van der Waals surface area contributed by atoms with E-state index in [4.69, 9.17) is 0 Å². The summed E-state index contributed by atoms with van der Waals surface area (Å²) in [5.41, 5.74) is 0. The van der Waals surface area contributed by atoms with Gasteiger partial charge < -0.3 is 5.32 Å². The molecule has 0 bridgehead atoms. The van der Waals surface area contributed by atoms with E-state index in [2.05, 4.69) is 24.3 Å². The Bertz CT molecular complexity index is 349. The van der Waals surface area contributed by atoms with E-state index < -0.39 is 0 Å². The van der Waals surface area contributed by atoms with Crippen LogP contribution in [0.3, 0.4) is 0 Å². The van der Waals surface area contributed by atoms with Gasteiger partial charge in [0.2, 0.25) is 5.91 Å². The predicted octanol–water partition coefficient (Wildman–Crippen LogP) is 1.67. The predicted molar refractivity (Wildman–Crippen MR) is 66.4 cm³/mol. The van der Waals surface area contributed by atoms with Gasteiger partial charge >= 0.3 is 0 Å². The highest BCUT2D eigenvalue weighted by molar-refractivity contribution is 8.00. The monoisotopic (exact) mass is 241 g/mol. The smallest absolute Gasteiger partial charge is 0.233 e. The maximum Gasteiger partial charge on any atom is 0.233 e. The van der Waals surface area contributed by atoms with Gasteiger partial charge in [-0.2, -0.15) is 5.10 Å². The zero-order chi connectivity index (χ0) is 12.1. The number of rotatable bonds is 5. The zero-order valence-electron chi connectivity index (χ0n) is 10.2. The molecule has 0 aliphatic heterocycles. The van der Waals surface area contributed by atoms with Crippen LogP contribution in [-0.2, 0) is 11.8 Å². The molecular weight excluding hydrogens is 222 g/mol. The lowest BCUT2D eigenvalue weighted by Gasteiger charge is -2.12. The quantitative estimate of drug-likeness (QED) is 0.798. The van der Waals surface area contributed by atoms with Crippen LogP contribution in [0.5, 0.6) is 0 Å². The summed E-state index contributed by atoms with van der Waals surface area (Å²) >= 11 is 1.53. The normalized spacial score (nSPS) is 12.8. The maximum absolute atomic E-state index is 11.7. The third-order valence-electron chi connectivity index (χ3n) is 2.05. The van der Waals surface area contributed by atoms with Crippen LogP contribution in [0.4, 0.5) is 0 Å². The van der Waals surface area contributed by atoms with E-state index in [-0.39, 0.29) is 11.2 Å². The van der Waals surface area contributed by atoms with E-state index in [0.29, 0.717) is 5.92 Å². The molecule has 1 N–H and O–H groups in total. The molecule has 5 heteroatoms. The van der Waals surface area contributed by atoms with E-state index in [1.165, 1.54) is 11.8 Å². The maximum atomic E-state index is 11.7. The van der Waals surface area contributed by atoms with Crippen LogP contribution in [0.25, 0.3) is 0 Å². The van der Waals surface area contributed by atoms with E-state index in [1.807, 2.05) is 20.2 Å². The van der Waals surface area contributed by atoms with Gasteiger partial charge in [-0.05, 0) is 12.8 Å². The molecule has 1 atom stereocenters. The van der Waals surface area contributed by atoms with Crippen molar-refractivity contribution < 1.29 is 4.79 Å². The number of hydrogen-bond donors (Lipinski definition) is 1. The first-order valence-corrected chi connectivity index (χ1v) is 6.30. The summed E-state index contributed by atoms with van der Waals surface area (Å²) in [5.74, 6) is 0.571. The number of thioether (sulfide) groups is 1. The Hall–Kier alpha value is -0.970. The van der Waals surface area contributed by atoms with Crippen LogP contribution >= 0.6 is 11.8 Å². The summed E-state index contributed by atoms with van der Waals surface area (Å²) in [7, 11) is 1.87. The second-order valence-electron chi connectivity index (χ2n) is 4.25. The van der Waals surface area contributed by atoms with Crippen LogP contribution in [0, 0.1) is 5.92 Å². The fourth-order valence-electron chi connectivity index (χ4n) is 1.17. The molecule has 0 aliphatic carbocycles. The molecule has 1 aromatic heterocycles. The molecule has 16 heavy (non-hydrogen) atoms. The van der Waals surface area contributed by atoms with E-state index >= 15 is 0 Å². The Balaban J connectivity index is 2.39. The van der Waals surface area contributed by atoms with Gasteiger partial charge in [0.05, 0.1) is 11.4 Å². The molecule has 1 amide bonds. The molecule has 0 saturated heterocycles. The SMILES string of the molecule is CC(C)CNC(=O)[C@H](C)Sc1cnn(C)c1. The van der Waals surface area contributed by atoms with Gasteiger partial charge in [0.25, 0.3) is 0 Å². The Kier molecular flexibility index (Phi) is 4.86. The van der Waals surface area contributed by atoms with Crippen molar-refractivity contribution in [2.75, 3.05) is 6.54 Å². The molecular formula is C11H19N3OS. The average Bonchev–Trinajstić information content (AvgIpc) is 2.60. The fourth-order valence-corrected chi connectivity index (χ4v) is 2.09. The van der Waals surface area contributed by atoms with Crippen molar-refractivity contribution in [3.63, 3.8) is 0 Å². The minimum atomic E-state index is -0.0806. The molecule has 0 radical (unpaired) electrons. The number of aromatic nitrogens is 2. The van der Waals surface area contributed by atoms with Crippen molar-refractivity contribution >= 4 is 17.7 Å². The number of carbonyl (C=O) groups excluding carboxylic acids is 1. The number of nitrogens with one attached hydrogen (secondary N) is 1. The third kappa shape index (κ3) is 4.26. The summed E-state index contributed by atoms with van der Waals surface area (Å²) in [6.07, 6.45) is 3.69. The topological polar surface area (TPSA) is 46.9 Å². The number of carbonyl (C=O) groups is 1. The highest BCUT2D eigenvalue weighted by Gasteiger charge is 2.14. The standard InChI is InChI=1S/C11H19N3OS/c1-8(2)5-12-11(15)9(3)16-10-6-13-14(4)7-10/h6-9H,5H2,1-4H3,(H,12,15)/t9-/m0/s1. The van der Waals surface area contributed by atoms with Gasteiger partial charge in [-0.15, -0.1) is 11.8 Å². The van der Waals surface area contributed by atoms with E-state index in [9.17, 15) is 4.79 Å². The molecule has 0 unspecified atom stereocenters. The van der Waals surface area contributed by atoms with Crippen molar-refractivity contribution in [1.29, 1.82) is 0 Å². The van der Waals surface area contributed by atoms with E-state index in [0.717, 1.165) is 11.4 Å².